The zero-order valence-electron chi connectivity index (χ0n) is 12.5. The average Bonchev–Trinajstić information content (AvgIpc) is 2.53. The summed E-state index contributed by atoms with van der Waals surface area (Å²) < 4.78 is 64.2. The third-order valence-electron chi connectivity index (χ3n) is 4.46. The highest BCUT2D eigenvalue weighted by Crippen LogP contribution is 2.29. The lowest BCUT2D eigenvalue weighted by molar-refractivity contribution is -0.141. The second kappa shape index (κ2) is 6.03. The Morgan fingerprint density at radius 3 is 2.57 bits per heavy atom. The molecule has 3 heterocycles. The van der Waals surface area contributed by atoms with Gasteiger partial charge in [-0.1, -0.05) is 6.42 Å². The lowest BCUT2D eigenvalue weighted by Gasteiger charge is -2.43. The van der Waals surface area contributed by atoms with E-state index < -0.39 is 21.9 Å². The van der Waals surface area contributed by atoms with Crippen LogP contribution in [0.5, 0.6) is 0 Å². The van der Waals surface area contributed by atoms with E-state index in [1.54, 1.807) is 0 Å². The van der Waals surface area contributed by atoms with Crippen molar-refractivity contribution in [3.05, 3.63) is 24.0 Å². The number of alkyl halides is 3. The zero-order valence-corrected chi connectivity index (χ0v) is 13.3. The van der Waals surface area contributed by atoms with E-state index in [0.29, 0.717) is 25.7 Å². The zero-order chi connectivity index (χ0) is 16.7. The van der Waals surface area contributed by atoms with Gasteiger partial charge in [0.15, 0.2) is 0 Å². The van der Waals surface area contributed by atoms with Crippen molar-refractivity contribution in [2.45, 2.75) is 36.4 Å². The van der Waals surface area contributed by atoms with Crippen LogP contribution < -0.4 is 0 Å². The monoisotopic (exact) mass is 349 g/mol. The molecule has 0 N–H and O–H groups in total. The number of nitrogens with zero attached hydrogens (tertiary/aromatic N) is 3. The number of hydrogen-bond acceptors (Lipinski definition) is 4. The van der Waals surface area contributed by atoms with E-state index in [-0.39, 0.29) is 10.9 Å². The fourth-order valence-corrected chi connectivity index (χ4v) is 4.61. The molecular formula is C14H18F3N3O2S. The second-order valence-corrected chi connectivity index (χ2v) is 7.86. The molecule has 0 aliphatic carbocycles. The van der Waals surface area contributed by atoms with Gasteiger partial charge in [0, 0.05) is 31.9 Å². The van der Waals surface area contributed by atoms with E-state index in [2.05, 4.69) is 9.88 Å². The van der Waals surface area contributed by atoms with Gasteiger partial charge >= 0.3 is 6.18 Å². The molecule has 3 rings (SSSR count). The van der Waals surface area contributed by atoms with Crippen LogP contribution in [-0.2, 0) is 16.2 Å². The number of rotatable bonds is 2. The van der Waals surface area contributed by atoms with E-state index in [0.717, 1.165) is 38.1 Å². The van der Waals surface area contributed by atoms with Crippen LogP contribution in [0.15, 0.2) is 23.2 Å². The molecule has 0 radical (unpaired) electrons. The Balaban J connectivity index is 1.78. The van der Waals surface area contributed by atoms with Gasteiger partial charge < -0.3 is 0 Å². The van der Waals surface area contributed by atoms with E-state index in [1.165, 1.54) is 4.31 Å². The summed E-state index contributed by atoms with van der Waals surface area (Å²) in [7, 11) is -3.80. The van der Waals surface area contributed by atoms with Crippen LogP contribution >= 0.6 is 0 Å². The third-order valence-corrected chi connectivity index (χ3v) is 6.31. The maximum atomic E-state index is 12.6. The predicted molar refractivity (Wildman–Crippen MR) is 77.2 cm³/mol. The quantitative estimate of drug-likeness (QED) is 0.819. The van der Waals surface area contributed by atoms with Gasteiger partial charge in [-0.25, -0.2) is 8.42 Å². The van der Waals surface area contributed by atoms with E-state index >= 15 is 0 Å². The topological polar surface area (TPSA) is 53.5 Å². The minimum Gasteiger partial charge on any atom is -0.298 e. The van der Waals surface area contributed by atoms with Crippen LogP contribution in [0.2, 0.25) is 0 Å². The highest BCUT2D eigenvalue weighted by Gasteiger charge is 2.36. The first kappa shape index (κ1) is 16.7. The van der Waals surface area contributed by atoms with Crippen molar-refractivity contribution in [3.8, 4) is 0 Å². The fraction of sp³-hybridized carbons (Fsp3) is 0.643. The molecule has 0 unspecified atom stereocenters. The minimum atomic E-state index is -4.57. The Morgan fingerprint density at radius 2 is 1.91 bits per heavy atom. The summed E-state index contributed by atoms with van der Waals surface area (Å²) in [5.74, 6) is 0. The molecule has 2 saturated heterocycles. The molecule has 0 amide bonds. The number of halogens is 3. The maximum Gasteiger partial charge on any atom is 0.433 e. The molecule has 9 heteroatoms. The molecular weight excluding hydrogens is 331 g/mol. The van der Waals surface area contributed by atoms with Gasteiger partial charge in [-0.15, -0.1) is 0 Å². The maximum absolute atomic E-state index is 12.6. The number of piperidine rings is 1. The molecule has 128 valence electrons. The van der Waals surface area contributed by atoms with Crippen molar-refractivity contribution in [1.82, 2.24) is 14.2 Å². The molecule has 1 aromatic rings. The van der Waals surface area contributed by atoms with Crippen molar-refractivity contribution in [1.29, 1.82) is 0 Å². The van der Waals surface area contributed by atoms with Crippen LogP contribution in [0.3, 0.4) is 0 Å². The Labute approximate surface area is 133 Å². The Kier molecular flexibility index (Phi) is 4.37. The van der Waals surface area contributed by atoms with Gasteiger partial charge in [-0.05, 0) is 31.5 Å². The van der Waals surface area contributed by atoms with Gasteiger partial charge in [-0.3, -0.25) is 9.88 Å². The predicted octanol–water partition coefficient (Wildman–Crippen LogP) is 1.96. The van der Waals surface area contributed by atoms with Crippen LogP contribution in [0.4, 0.5) is 13.2 Å². The summed E-state index contributed by atoms with van der Waals surface area (Å²) >= 11 is 0. The number of hydrogen-bond donors (Lipinski definition) is 0. The van der Waals surface area contributed by atoms with Gasteiger partial charge in [0.05, 0.1) is 0 Å². The standard InChI is InChI=1S/C14H18F3N3O2S/c15-14(16,17)13-5-4-12(9-18-13)23(21,22)20-8-7-19-6-2-1-3-11(19)10-20/h4-5,9,11H,1-3,6-8,10H2/t11-/m1/s1. The molecule has 2 aliphatic heterocycles. The largest absolute Gasteiger partial charge is 0.433 e. The summed E-state index contributed by atoms with van der Waals surface area (Å²) in [5.41, 5.74) is -1.09. The SMILES string of the molecule is O=S(=O)(c1ccc(C(F)(F)F)nc1)N1CCN2CCCC[C@@H]2C1. The fourth-order valence-electron chi connectivity index (χ4n) is 3.20. The van der Waals surface area contributed by atoms with Crippen molar-refractivity contribution < 1.29 is 21.6 Å². The van der Waals surface area contributed by atoms with Gasteiger partial charge in [0.1, 0.15) is 10.6 Å². The molecule has 0 saturated carbocycles. The highest BCUT2D eigenvalue weighted by atomic mass is 32.2. The Morgan fingerprint density at radius 1 is 1.13 bits per heavy atom. The molecule has 1 aromatic heterocycles. The van der Waals surface area contributed by atoms with Crippen LogP contribution in [0.1, 0.15) is 25.0 Å². The number of sulfonamides is 1. The summed E-state index contributed by atoms with van der Waals surface area (Å²) in [6, 6.07) is 1.90. The number of aromatic nitrogens is 1. The summed E-state index contributed by atoms with van der Waals surface area (Å²) in [6.07, 6.45) is -0.609. The smallest absolute Gasteiger partial charge is 0.298 e. The van der Waals surface area contributed by atoms with Crippen molar-refractivity contribution in [3.63, 3.8) is 0 Å². The molecule has 0 bridgehead atoms. The van der Waals surface area contributed by atoms with E-state index in [4.69, 9.17) is 0 Å². The first-order chi connectivity index (χ1) is 10.8. The molecule has 23 heavy (non-hydrogen) atoms. The summed E-state index contributed by atoms with van der Waals surface area (Å²) in [4.78, 5) is 5.36. The lowest BCUT2D eigenvalue weighted by Crippen LogP contribution is -2.56. The molecule has 5 nitrogen and oxygen atoms in total. The van der Waals surface area contributed by atoms with Gasteiger partial charge in [0.25, 0.3) is 0 Å². The van der Waals surface area contributed by atoms with E-state index in [9.17, 15) is 21.6 Å². The normalized spacial score (nSPS) is 24.4. The third kappa shape index (κ3) is 3.36. The lowest BCUT2D eigenvalue weighted by atomic mass is 10.0. The number of pyridine rings is 1. The van der Waals surface area contributed by atoms with Crippen LogP contribution in [0.25, 0.3) is 0 Å². The van der Waals surface area contributed by atoms with Crippen molar-refractivity contribution in [2.24, 2.45) is 0 Å². The number of piperazine rings is 1. The van der Waals surface area contributed by atoms with Crippen molar-refractivity contribution in [2.75, 3.05) is 26.2 Å². The second-order valence-electron chi connectivity index (χ2n) is 5.93. The molecule has 2 aliphatic rings. The van der Waals surface area contributed by atoms with Crippen LogP contribution in [-0.4, -0.2) is 54.8 Å². The highest BCUT2D eigenvalue weighted by molar-refractivity contribution is 7.89. The Bertz CT molecular complexity index is 661. The number of fused-ring (bicyclic) bond motifs is 1. The minimum absolute atomic E-state index is 0.185. The van der Waals surface area contributed by atoms with E-state index in [1.807, 2.05) is 0 Å². The van der Waals surface area contributed by atoms with Gasteiger partial charge in [0.2, 0.25) is 10.0 Å². The first-order valence-corrected chi connectivity index (χ1v) is 9.00. The Hall–Kier alpha value is -1.19. The molecule has 2 fully saturated rings. The van der Waals surface area contributed by atoms with Crippen LogP contribution in [0, 0.1) is 0 Å². The molecule has 0 spiro atoms. The molecule has 0 aromatic carbocycles. The van der Waals surface area contributed by atoms with Gasteiger partial charge in [-0.2, -0.15) is 17.5 Å². The summed E-state index contributed by atoms with van der Waals surface area (Å²) in [6.45, 7) is 2.40. The first-order valence-electron chi connectivity index (χ1n) is 7.56. The van der Waals surface area contributed by atoms with Crippen molar-refractivity contribution >= 4 is 10.0 Å². The molecule has 1 atom stereocenters. The average molecular weight is 349 g/mol. The summed E-state index contributed by atoms with van der Waals surface area (Å²) in [5, 5.41) is 0.